The van der Waals surface area contributed by atoms with E-state index in [0.29, 0.717) is 33.4 Å². The van der Waals surface area contributed by atoms with Crippen molar-refractivity contribution in [2.75, 3.05) is 11.1 Å². The van der Waals surface area contributed by atoms with Crippen LogP contribution in [-0.2, 0) is 10.5 Å². The van der Waals surface area contributed by atoms with Crippen molar-refractivity contribution in [3.63, 3.8) is 0 Å². The van der Waals surface area contributed by atoms with E-state index >= 15 is 0 Å². The molecule has 10 heteroatoms. The van der Waals surface area contributed by atoms with Crippen molar-refractivity contribution in [2.45, 2.75) is 12.7 Å². The number of hydrogen-bond acceptors (Lipinski definition) is 6. The fourth-order valence-electron chi connectivity index (χ4n) is 3.56. The van der Waals surface area contributed by atoms with Gasteiger partial charge in [-0.05, 0) is 30.7 Å². The van der Waals surface area contributed by atoms with E-state index in [4.69, 9.17) is 11.6 Å². The molecule has 3 heterocycles. The molecule has 0 aliphatic carbocycles. The average molecular weight is 490 g/mol. The summed E-state index contributed by atoms with van der Waals surface area (Å²) in [5, 5.41) is 13.3. The highest BCUT2D eigenvalue weighted by Gasteiger charge is 2.17. The zero-order valence-corrected chi connectivity index (χ0v) is 19.8. The number of thioether (sulfide) groups is 1. The van der Waals surface area contributed by atoms with Crippen LogP contribution in [0.1, 0.15) is 11.3 Å². The summed E-state index contributed by atoms with van der Waals surface area (Å²) in [7, 11) is 0. The molecule has 1 N–H and O–H groups in total. The van der Waals surface area contributed by atoms with Crippen LogP contribution in [0.2, 0.25) is 5.02 Å². The molecular weight excluding hydrogens is 470 g/mol. The minimum Gasteiger partial charge on any atom is -0.310 e. The minimum atomic E-state index is -0.109. The molecule has 8 nitrogen and oxygen atoms in total. The highest BCUT2D eigenvalue weighted by atomic mass is 35.5. The number of nitrogens with zero attached hydrogens (tertiary/aromatic N) is 6. The van der Waals surface area contributed by atoms with Gasteiger partial charge in [-0.3, -0.25) is 4.79 Å². The predicted octanol–water partition coefficient (Wildman–Crippen LogP) is 4.83. The quantitative estimate of drug-likeness (QED) is 0.352. The number of benzene rings is 2. The molecule has 5 rings (SSSR count). The number of anilines is 1. The summed E-state index contributed by atoms with van der Waals surface area (Å²) in [5.41, 5.74) is 3.33. The van der Waals surface area contributed by atoms with Crippen LogP contribution in [0.5, 0.6) is 0 Å². The summed E-state index contributed by atoms with van der Waals surface area (Å²) >= 11 is 7.71. The molecule has 3 aromatic heterocycles. The third-order valence-electron chi connectivity index (χ3n) is 5.04. The molecule has 0 unspecified atom stereocenters. The van der Waals surface area contributed by atoms with Gasteiger partial charge in [0.2, 0.25) is 5.91 Å². The number of nitrogens with one attached hydrogen (secondary N) is 1. The van der Waals surface area contributed by atoms with Crippen molar-refractivity contribution < 1.29 is 4.79 Å². The fourth-order valence-corrected chi connectivity index (χ4v) is 4.53. The van der Waals surface area contributed by atoms with Gasteiger partial charge in [0, 0.05) is 16.8 Å². The van der Waals surface area contributed by atoms with Gasteiger partial charge >= 0.3 is 0 Å². The normalized spacial score (nSPS) is 11.1. The zero-order chi connectivity index (χ0) is 23.5. The second kappa shape index (κ2) is 9.66. The Bertz CT molecular complexity index is 1470. The van der Waals surface area contributed by atoms with Gasteiger partial charge in [0.25, 0.3) is 0 Å². The lowest BCUT2D eigenvalue weighted by Crippen LogP contribution is -2.17. The van der Waals surface area contributed by atoms with Crippen molar-refractivity contribution in [1.82, 2.24) is 29.5 Å². The summed E-state index contributed by atoms with van der Waals surface area (Å²) in [6.07, 6.45) is 3.14. The summed E-state index contributed by atoms with van der Waals surface area (Å²) in [6.45, 7) is 1.87. The third-order valence-corrected chi connectivity index (χ3v) is 6.28. The molecule has 0 aliphatic heterocycles. The summed E-state index contributed by atoms with van der Waals surface area (Å²) in [6, 6.07) is 19.2. The first-order valence-corrected chi connectivity index (χ1v) is 12.0. The van der Waals surface area contributed by atoms with Gasteiger partial charge in [-0.2, -0.15) is 14.9 Å². The molecule has 170 valence electrons. The second-order valence-electron chi connectivity index (χ2n) is 7.58. The van der Waals surface area contributed by atoms with Crippen LogP contribution in [0.3, 0.4) is 0 Å². The largest absolute Gasteiger partial charge is 0.310 e. The van der Waals surface area contributed by atoms with Crippen molar-refractivity contribution in [2.24, 2.45) is 0 Å². The van der Waals surface area contributed by atoms with Crippen LogP contribution in [0, 0.1) is 6.92 Å². The molecule has 0 radical (unpaired) electrons. The van der Waals surface area contributed by atoms with Gasteiger partial charge < -0.3 is 5.32 Å². The molecule has 0 atom stereocenters. The van der Waals surface area contributed by atoms with Crippen molar-refractivity contribution in [3.05, 3.63) is 89.5 Å². The number of rotatable bonds is 7. The van der Waals surface area contributed by atoms with Gasteiger partial charge in [-0.15, -0.1) is 11.8 Å². The molecule has 0 spiro atoms. The molecule has 0 saturated heterocycles. The number of fused-ring (bicyclic) bond motifs is 1. The highest BCUT2D eigenvalue weighted by Crippen LogP contribution is 2.25. The molecule has 1 amide bonds. The van der Waals surface area contributed by atoms with Gasteiger partial charge in [0.1, 0.15) is 12.1 Å². The maximum atomic E-state index is 12.6. The first-order valence-electron chi connectivity index (χ1n) is 10.5. The molecule has 34 heavy (non-hydrogen) atoms. The summed E-state index contributed by atoms with van der Waals surface area (Å²) in [4.78, 5) is 21.5. The number of carbonyl (C=O) groups excluding carboxylic acids is 1. The highest BCUT2D eigenvalue weighted by molar-refractivity contribution is 7.99. The molecule has 0 fully saturated rings. The number of halogens is 1. The van der Waals surface area contributed by atoms with E-state index < -0.39 is 0 Å². The van der Waals surface area contributed by atoms with Crippen molar-refractivity contribution >= 4 is 46.1 Å². The van der Waals surface area contributed by atoms with E-state index in [9.17, 15) is 4.79 Å². The van der Waals surface area contributed by atoms with Crippen LogP contribution < -0.4 is 5.32 Å². The minimum absolute atomic E-state index is 0.109. The Balaban J connectivity index is 1.39. The first kappa shape index (κ1) is 22.1. The smallest absolute Gasteiger partial charge is 0.235 e. The molecule has 0 saturated carbocycles. The van der Waals surface area contributed by atoms with E-state index in [-0.39, 0.29) is 5.91 Å². The summed E-state index contributed by atoms with van der Waals surface area (Å²) < 4.78 is 3.31. The Kier molecular flexibility index (Phi) is 6.29. The van der Waals surface area contributed by atoms with Gasteiger partial charge in [-0.25, -0.2) is 14.6 Å². The van der Waals surface area contributed by atoms with Crippen LogP contribution in [0.25, 0.3) is 22.5 Å². The van der Waals surface area contributed by atoms with E-state index in [1.807, 2.05) is 61.5 Å². The Hall–Kier alpha value is -3.69. The molecule has 0 bridgehead atoms. The molecule has 5 aromatic rings. The fraction of sp³-hybridized carbons (Fsp3) is 0.125. The number of hydrogen-bond donors (Lipinski definition) is 1. The van der Waals surface area contributed by atoms with E-state index in [2.05, 4.69) is 25.5 Å². The Morgan fingerprint density at radius 3 is 2.74 bits per heavy atom. The van der Waals surface area contributed by atoms with Crippen LogP contribution in [-0.4, -0.2) is 41.2 Å². The third kappa shape index (κ3) is 4.66. The van der Waals surface area contributed by atoms with Gasteiger partial charge in [0.15, 0.2) is 11.5 Å². The van der Waals surface area contributed by atoms with E-state index in [0.717, 1.165) is 17.1 Å². The van der Waals surface area contributed by atoms with Crippen LogP contribution >= 0.6 is 23.4 Å². The standard InChI is InChI=1S/C24H20ClN7OS/c1-16-10-21(29-22(33)14-34-13-17-6-3-2-4-7-17)32(30-16)24-20-12-28-31(23(20)26-15-27-24)19-9-5-8-18(25)11-19/h2-12,15H,13-14H2,1H3,(H,29,33). The Labute approximate surface area is 205 Å². The maximum Gasteiger partial charge on any atom is 0.235 e. The van der Waals surface area contributed by atoms with E-state index in [1.54, 1.807) is 33.4 Å². The molecular formula is C24H20ClN7OS. The predicted molar refractivity (Wildman–Crippen MR) is 135 cm³/mol. The Morgan fingerprint density at radius 1 is 1.06 bits per heavy atom. The number of amides is 1. The average Bonchev–Trinajstić information content (AvgIpc) is 3.43. The lowest BCUT2D eigenvalue weighted by molar-refractivity contribution is -0.113. The zero-order valence-electron chi connectivity index (χ0n) is 18.2. The second-order valence-corrected chi connectivity index (χ2v) is 9.00. The van der Waals surface area contributed by atoms with Crippen molar-refractivity contribution in [1.29, 1.82) is 0 Å². The monoisotopic (exact) mass is 489 g/mol. The maximum absolute atomic E-state index is 12.6. The lowest BCUT2D eigenvalue weighted by atomic mass is 10.2. The number of carbonyl (C=O) groups is 1. The van der Waals surface area contributed by atoms with Gasteiger partial charge in [0.05, 0.1) is 28.7 Å². The molecule has 0 aliphatic rings. The summed E-state index contributed by atoms with van der Waals surface area (Å²) in [5.74, 6) is 2.05. The van der Waals surface area contributed by atoms with Crippen LogP contribution in [0.4, 0.5) is 5.82 Å². The topological polar surface area (TPSA) is 90.5 Å². The molecule has 2 aromatic carbocycles. The SMILES string of the molecule is Cc1cc(NC(=O)CSCc2ccccc2)n(-c2ncnc3c2cnn3-c2cccc(Cl)c2)n1. The number of aryl methyl sites for hydroxylation is 1. The number of aromatic nitrogens is 6. The van der Waals surface area contributed by atoms with Gasteiger partial charge in [-0.1, -0.05) is 48.0 Å². The van der Waals surface area contributed by atoms with Crippen LogP contribution in [0.15, 0.2) is 73.2 Å². The van der Waals surface area contributed by atoms with E-state index in [1.165, 1.54) is 11.9 Å². The van der Waals surface area contributed by atoms with Crippen molar-refractivity contribution in [3.8, 4) is 11.5 Å². The Morgan fingerprint density at radius 2 is 1.91 bits per heavy atom. The first-order chi connectivity index (χ1) is 16.6. The lowest BCUT2D eigenvalue weighted by Gasteiger charge is -2.09.